The summed E-state index contributed by atoms with van der Waals surface area (Å²) in [5.74, 6) is 0.552. The maximum absolute atomic E-state index is 13.6. The molecule has 1 unspecified atom stereocenters. The number of aromatic nitrogens is 1. The molecule has 4 heteroatoms. The van der Waals surface area contributed by atoms with Crippen LogP contribution >= 0.6 is 15.9 Å². The van der Waals surface area contributed by atoms with Crippen LogP contribution in [0.3, 0.4) is 0 Å². The molecule has 1 aromatic heterocycles. The number of nitrogens with zero attached hydrogens (tertiary/aromatic N) is 2. The topological polar surface area (TPSA) is 25.2 Å². The number of carbonyl (C=O) groups excluding carboxylic acids is 1. The van der Waals surface area contributed by atoms with E-state index in [1.165, 1.54) is 30.5 Å². The molecule has 0 saturated heterocycles. The van der Waals surface area contributed by atoms with E-state index in [4.69, 9.17) is 0 Å². The van der Waals surface area contributed by atoms with E-state index in [2.05, 4.69) is 81.8 Å². The van der Waals surface area contributed by atoms with Crippen LogP contribution in [0.25, 0.3) is 0 Å². The summed E-state index contributed by atoms with van der Waals surface area (Å²) in [6.07, 6.45) is 12.5. The van der Waals surface area contributed by atoms with Crippen molar-refractivity contribution in [3.8, 4) is 0 Å². The maximum atomic E-state index is 13.6. The van der Waals surface area contributed by atoms with Crippen LogP contribution in [0.15, 0.2) is 47.1 Å². The largest absolute Gasteiger partial charge is 0.345 e. The van der Waals surface area contributed by atoms with Crippen molar-refractivity contribution >= 4 is 21.8 Å². The zero-order valence-corrected chi connectivity index (χ0v) is 20.2. The number of hydrogen-bond donors (Lipinski definition) is 0. The molecule has 0 spiro atoms. The third kappa shape index (κ3) is 6.23. The van der Waals surface area contributed by atoms with Crippen molar-refractivity contribution in [2.45, 2.75) is 90.8 Å². The number of halogens is 1. The second-order valence-corrected chi connectivity index (χ2v) is 9.67. The lowest BCUT2D eigenvalue weighted by Gasteiger charge is -2.37. The molecule has 0 radical (unpaired) electrons. The van der Waals surface area contributed by atoms with Crippen molar-refractivity contribution in [1.29, 1.82) is 0 Å². The minimum atomic E-state index is 0.168. The predicted octanol–water partition coefficient (Wildman–Crippen LogP) is 7.18. The summed E-state index contributed by atoms with van der Waals surface area (Å²) in [7, 11) is 0. The molecule has 164 valence electrons. The summed E-state index contributed by atoms with van der Waals surface area (Å²) in [5, 5.41) is 0. The Morgan fingerprint density at radius 2 is 1.87 bits per heavy atom. The normalized spacial score (nSPS) is 15.8. The summed E-state index contributed by atoms with van der Waals surface area (Å²) < 4.78 is 3.41. The van der Waals surface area contributed by atoms with Crippen LogP contribution < -0.4 is 0 Å². The third-order valence-corrected chi connectivity index (χ3v) is 7.10. The van der Waals surface area contributed by atoms with E-state index >= 15 is 0 Å². The predicted molar refractivity (Wildman–Crippen MR) is 128 cm³/mol. The first-order chi connectivity index (χ1) is 14.6. The number of unbranched alkanes of at least 4 members (excludes halogenated alkanes) is 1. The fraction of sp³-hybridized carbons (Fsp3) is 0.577. The lowest BCUT2D eigenvalue weighted by molar-refractivity contribution is -0.140. The quantitative estimate of drug-likeness (QED) is 0.359. The van der Waals surface area contributed by atoms with E-state index < -0.39 is 0 Å². The summed E-state index contributed by atoms with van der Waals surface area (Å²) in [4.78, 5) is 15.9. The first-order valence-electron chi connectivity index (χ1n) is 11.8. The molecule has 0 N–H and O–H groups in total. The zero-order valence-electron chi connectivity index (χ0n) is 18.7. The van der Waals surface area contributed by atoms with Gasteiger partial charge in [0.2, 0.25) is 5.91 Å². The zero-order chi connectivity index (χ0) is 21.3. The third-order valence-electron chi connectivity index (χ3n) is 6.57. The number of hydrogen-bond acceptors (Lipinski definition) is 1. The molecule has 2 aromatic rings. The van der Waals surface area contributed by atoms with E-state index in [1.54, 1.807) is 0 Å². The Morgan fingerprint density at radius 1 is 1.13 bits per heavy atom. The Hall–Kier alpha value is -1.55. The van der Waals surface area contributed by atoms with E-state index in [1.807, 2.05) is 0 Å². The Kier molecular flexibility index (Phi) is 9.05. The van der Waals surface area contributed by atoms with E-state index in [0.29, 0.717) is 11.9 Å². The van der Waals surface area contributed by atoms with Crippen molar-refractivity contribution in [2.24, 2.45) is 5.92 Å². The first kappa shape index (κ1) is 23.1. The highest BCUT2D eigenvalue weighted by Gasteiger charge is 2.30. The molecule has 1 saturated carbocycles. The van der Waals surface area contributed by atoms with Gasteiger partial charge in [-0.3, -0.25) is 4.79 Å². The van der Waals surface area contributed by atoms with Gasteiger partial charge in [-0.1, -0.05) is 74.0 Å². The number of amides is 1. The highest BCUT2D eigenvalue weighted by molar-refractivity contribution is 9.10. The number of benzene rings is 1. The van der Waals surface area contributed by atoms with Gasteiger partial charge in [-0.25, -0.2) is 0 Å². The second-order valence-electron chi connectivity index (χ2n) is 8.76. The van der Waals surface area contributed by atoms with E-state index in [-0.39, 0.29) is 5.92 Å². The van der Waals surface area contributed by atoms with Gasteiger partial charge in [-0.15, -0.1) is 0 Å². The van der Waals surface area contributed by atoms with Crippen LogP contribution in [0.5, 0.6) is 0 Å². The lowest BCUT2D eigenvalue weighted by Crippen LogP contribution is -2.44. The Bertz CT molecular complexity index is 777. The van der Waals surface area contributed by atoms with Crippen molar-refractivity contribution in [3.05, 3.63) is 58.3 Å². The van der Waals surface area contributed by atoms with Crippen molar-refractivity contribution in [3.63, 3.8) is 0 Å². The average molecular weight is 473 g/mol. The van der Waals surface area contributed by atoms with Gasteiger partial charge in [0, 0.05) is 34.9 Å². The summed E-state index contributed by atoms with van der Waals surface area (Å²) in [6, 6.07) is 13.2. The summed E-state index contributed by atoms with van der Waals surface area (Å²) in [5.41, 5.74) is 2.52. The van der Waals surface area contributed by atoms with Gasteiger partial charge in [-0.05, 0) is 55.5 Å². The monoisotopic (exact) mass is 472 g/mol. The van der Waals surface area contributed by atoms with Crippen LogP contribution in [0.4, 0.5) is 0 Å². The van der Waals surface area contributed by atoms with Gasteiger partial charge in [0.25, 0.3) is 0 Å². The second kappa shape index (κ2) is 11.7. The minimum Gasteiger partial charge on any atom is -0.345 e. The SMILES string of the molecule is CCCCC(CC)C(=O)N(Cc1cccn1Cc1ccc(Br)cc1)C1CCCCC1. The van der Waals surface area contributed by atoms with Gasteiger partial charge in [0.05, 0.1) is 6.54 Å². The van der Waals surface area contributed by atoms with Crippen LogP contribution in [0, 0.1) is 5.92 Å². The number of carbonyl (C=O) groups is 1. The van der Waals surface area contributed by atoms with Crippen LogP contribution in [0.2, 0.25) is 0 Å². The highest BCUT2D eigenvalue weighted by Crippen LogP contribution is 2.28. The molecule has 1 aliphatic carbocycles. The first-order valence-corrected chi connectivity index (χ1v) is 12.6. The van der Waals surface area contributed by atoms with Gasteiger partial charge < -0.3 is 9.47 Å². The standard InChI is InChI=1S/C26H37BrN2O/c1-3-5-10-22(4-2)26(30)29(24-11-7-6-8-12-24)20-25-13-9-18-28(25)19-21-14-16-23(27)17-15-21/h9,13-18,22,24H,3-8,10-12,19-20H2,1-2H3. The smallest absolute Gasteiger partial charge is 0.226 e. The molecule has 30 heavy (non-hydrogen) atoms. The van der Waals surface area contributed by atoms with Gasteiger partial charge in [0.15, 0.2) is 0 Å². The molecule has 1 fully saturated rings. The molecule has 0 bridgehead atoms. The fourth-order valence-electron chi connectivity index (χ4n) is 4.68. The van der Waals surface area contributed by atoms with E-state index in [9.17, 15) is 4.79 Å². The molecular formula is C26H37BrN2O. The van der Waals surface area contributed by atoms with Crippen molar-refractivity contribution < 1.29 is 4.79 Å². The molecular weight excluding hydrogens is 436 g/mol. The summed E-state index contributed by atoms with van der Waals surface area (Å²) in [6.45, 7) is 5.96. The summed E-state index contributed by atoms with van der Waals surface area (Å²) >= 11 is 3.52. The van der Waals surface area contributed by atoms with Gasteiger partial charge >= 0.3 is 0 Å². The van der Waals surface area contributed by atoms with Crippen LogP contribution in [0.1, 0.15) is 82.9 Å². The van der Waals surface area contributed by atoms with Crippen LogP contribution in [-0.2, 0) is 17.9 Å². The van der Waals surface area contributed by atoms with Crippen LogP contribution in [-0.4, -0.2) is 21.4 Å². The molecule has 0 aliphatic heterocycles. The molecule has 1 atom stereocenters. The van der Waals surface area contributed by atoms with Gasteiger partial charge in [0.1, 0.15) is 0 Å². The van der Waals surface area contributed by atoms with E-state index in [0.717, 1.165) is 56.1 Å². The maximum Gasteiger partial charge on any atom is 0.226 e. The minimum absolute atomic E-state index is 0.168. The van der Waals surface area contributed by atoms with Gasteiger partial charge in [-0.2, -0.15) is 0 Å². The lowest BCUT2D eigenvalue weighted by atomic mass is 9.91. The number of rotatable bonds is 10. The molecule has 1 amide bonds. The molecule has 3 nitrogen and oxygen atoms in total. The van der Waals surface area contributed by atoms with Crippen molar-refractivity contribution in [1.82, 2.24) is 9.47 Å². The Morgan fingerprint density at radius 3 is 2.53 bits per heavy atom. The molecule has 1 aliphatic rings. The fourth-order valence-corrected chi connectivity index (χ4v) is 4.94. The van der Waals surface area contributed by atoms with Crippen molar-refractivity contribution in [2.75, 3.05) is 0 Å². The average Bonchev–Trinajstić information content (AvgIpc) is 3.21. The Labute approximate surface area is 191 Å². The molecule has 1 heterocycles. The highest BCUT2D eigenvalue weighted by atomic mass is 79.9. The molecule has 3 rings (SSSR count). The Balaban J connectivity index is 1.78. The molecule has 1 aromatic carbocycles.